The number of aryl methyl sites for hydroxylation is 4. The minimum absolute atomic E-state index is 0. The molecule has 1 radical (unpaired) electrons. The maximum Gasteiger partial charge on any atom is 0.270 e. The molecule has 114 heavy (non-hydrogen) atoms. The first-order valence-corrected chi connectivity index (χ1v) is 38.9. The standard InChI is InChI=1S/C20H20N2O4.C20H28N2.C16H16Br2.C14H8N2O6.C14H10O2.C7H5BrO.Cu/c1-3-5-7-15-13-17(21(23)24)9-11-19(15)20-12-10-18(22(25)26)14-16(20)8-6-4-2;1-3-5-7-15-13-17(21)9-11-19(15)20-12-10-18(22)14-16(20)8-6-4-2;1-3-11-9-13(17)5-7-15(11)16-8-6-14(18)10-12(16)4-2;17-7-9-5-11(15(19)20)1-3-13(9)14-4-2-12(16(21)22)6-10(14)8-18;15-9-11-5-1-3-7-13(11)14-8-4-2-6-12(14)10-16;8-7-4-2-1-3-6(7)5-9;/h5-14H,3-4H2,1-2H3;9-14H,3-8,21-22H2,1-2H3;5-10H,3-4H2,1-2H3;1-8H;1-10H;1-5H;. The summed E-state index contributed by atoms with van der Waals surface area (Å²) in [7, 11) is 0. The molecule has 0 fully saturated rings. The molecule has 0 saturated heterocycles. The SMILES string of the molecule is CCC=Cc1cc([N+](=O)[O-])ccc1-c1ccc([N+](=O)[O-])cc1C=CCC.CCCCc1cc(N)ccc1-c1ccc(N)cc1CCCC.CCc1cc(Br)ccc1-c1ccc(Br)cc1CC.O=Cc1cc([N+](=O)[O-])ccc1-c1ccc([N+](=O)[O-])cc1C=O.O=Cc1ccccc1-c1ccccc1C=O.O=Cc1ccccc1Br.[Cu]. The molecule has 11 aromatic carbocycles. The number of hydrogen-bond donors (Lipinski definition) is 2. The van der Waals surface area contributed by atoms with Gasteiger partial charge in [-0.15, -0.1) is 0 Å². The van der Waals surface area contributed by atoms with Gasteiger partial charge in [-0.3, -0.25) is 64.4 Å². The van der Waals surface area contributed by atoms with Crippen LogP contribution >= 0.6 is 47.8 Å². The molecule has 0 aromatic heterocycles. The van der Waals surface area contributed by atoms with Crippen molar-refractivity contribution in [3.05, 3.63) is 346 Å². The molecular formula is C91H87Br3CuN6O13. The van der Waals surface area contributed by atoms with E-state index in [4.69, 9.17) is 11.5 Å². The number of nitrogens with zero attached hydrogens (tertiary/aromatic N) is 4. The summed E-state index contributed by atoms with van der Waals surface area (Å²) < 4.78 is 3.15. The molecule has 591 valence electrons. The van der Waals surface area contributed by atoms with Gasteiger partial charge in [-0.05, 0) is 219 Å². The van der Waals surface area contributed by atoms with Crippen molar-refractivity contribution in [3.63, 3.8) is 0 Å². The summed E-state index contributed by atoms with van der Waals surface area (Å²) in [6.07, 6.45) is 21.4. The summed E-state index contributed by atoms with van der Waals surface area (Å²) >= 11 is 10.3. The fourth-order valence-corrected chi connectivity index (χ4v) is 13.2. The topological polar surface area (TPSA) is 310 Å². The van der Waals surface area contributed by atoms with E-state index in [9.17, 15) is 64.4 Å². The Labute approximate surface area is 699 Å². The van der Waals surface area contributed by atoms with E-state index in [-0.39, 0.29) is 62.1 Å². The van der Waals surface area contributed by atoms with Gasteiger partial charge in [0.1, 0.15) is 0 Å². The minimum atomic E-state index is -0.646. The number of nitrogens with two attached hydrogens (primary N) is 2. The van der Waals surface area contributed by atoms with Crippen molar-refractivity contribution in [2.75, 3.05) is 11.5 Å². The maximum absolute atomic E-state index is 11.1. The predicted molar refractivity (Wildman–Crippen MR) is 466 cm³/mol. The molecule has 0 aliphatic rings. The Bertz CT molecular complexity index is 4970. The Morgan fingerprint density at radius 3 is 0.895 bits per heavy atom. The van der Waals surface area contributed by atoms with Crippen molar-refractivity contribution in [3.8, 4) is 55.6 Å². The number of anilines is 2. The normalized spacial score (nSPS) is 10.4. The fraction of sp³-hybridized carbons (Fsp3) is 0.176. The van der Waals surface area contributed by atoms with Crippen LogP contribution in [0.15, 0.2) is 244 Å². The van der Waals surface area contributed by atoms with Crippen LogP contribution in [0, 0.1) is 40.5 Å². The third-order valence-electron chi connectivity index (χ3n) is 17.7. The van der Waals surface area contributed by atoms with E-state index in [0.717, 1.165) is 117 Å². The molecule has 0 atom stereocenters. The van der Waals surface area contributed by atoms with Crippen molar-refractivity contribution < 1.29 is 60.7 Å². The van der Waals surface area contributed by atoms with Crippen LogP contribution in [0.2, 0.25) is 0 Å². The number of nitro benzene ring substituents is 4. The van der Waals surface area contributed by atoms with Crippen LogP contribution in [0.3, 0.4) is 0 Å². The first-order valence-electron chi connectivity index (χ1n) is 36.5. The summed E-state index contributed by atoms with van der Waals surface area (Å²) in [6, 6.07) is 64.0. The third-order valence-corrected chi connectivity index (χ3v) is 19.4. The number of unbranched alkanes of at least 4 members (excludes halogenated alkanes) is 2. The van der Waals surface area contributed by atoms with Crippen LogP contribution in [0.5, 0.6) is 0 Å². The Hall–Kier alpha value is -11.6. The van der Waals surface area contributed by atoms with Gasteiger partial charge in [0.05, 0.1) is 19.7 Å². The molecule has 11 aromatic rings. The van der Waals surface area contributed by atoms with Crippen LogP contribution in [0.1, 0.15) is 165 Å². The summed E-state index contributed by atoms with van der Waals surface area (Å²) in [5.41, 5.74) is 31.1. The van der Waals surface area contributed by atoms with E-state index in [1.165, 1.54) is 119 Å². The van der Waals surface area contributed by atoms with Gasteiger partial charge in [0.15, 0.2) is 31.4 Å². The summed E-state index contributed by atoms with van der Waals surface area (Å²) in [5, 5.41) is 43.6. The first-order chi connectivity index (χ1) is 54.5. The molecule has 4 N–H and O–H groups in total. The van der Waals surface area contributed by atoms with E-state index in [2.05, 4.69) is 136 Å². The minimum Gasteiger partial charge on any atom is -0.399 e. The summed E-state index contributed by atoms with van der Waals surface area (Å²) in [6.45, 7) is 12.8. The molecule has 19 nitrogen and oxygen atoms in total. The molecule has 0 aliphatic heterocycles. The van der Waals surface area contributed by atoms with Gasteiger partial charge in [-0.25, -0.2) is 0 Å². The van der Waals surface area contributed by atoms with E-state index >= 15 is 0 Å². The molecule has 0 unspecified atom stereocenters. The molecule has 0 heterocycles. The van der Waals surface area contributed by atoms with Crippen LogP contribution < -0.4 is 11.5 Å². The number of carbonyl (C=O) groups excluding carboxylic acids is 5. The monoisotopic (exact) mass is 1770 g/mol. The number of nitro groups is 4. The Morgan fingerprint density at radius 2 is 0.596 bits per heavy atom. The smallest absolute Gasteiger partial charge is 0.270 e. The largest absolute Gasteiger partial charge is 0.399 e. The molecule has 23 heteroatoms. The van der Waals surface area contributed by atoms with Crippen LogP contribution in [-0.2, 0) is 42.8 Å². The van der Waals surface area contributed by atoms with Gasteiger partial charge in [-0.1, -0.05) is 217 Å². The van der Waals surface area contributed by atoms with E-state index < -0.39 is 19.7 Å². The molecule has 0 spiro atoms. The predicted octanol–water partition coefficient (Wildman–Crippen LogP) is 25.3. The van der Waals surface area contributed by atoms with Gasteiger partial charge in [0, 0.05) is 118 Å². The molecule has 0 saturated carbocycles. The zero-order valence-corrected chi connectivity index (χ0v) is 69.4. The molecule has 0 bridgehead atoms. The average Bonchev–Trinajstić information content (AvgIpc) is 0.804. The molecular weight excluding hydrogens is 1690 g/mol. The number of non-ortho nitro benzene ring substituents is 4. The first kappa shape index (κ1) is 93.0. The molecule has 0 aliphatic carbocycles. The van der Waals surface area contributed by atoms with E-state index in [1.807, 2.05) is 92.7 Å². The number of carbonyl (C=O) groups is 5. The Kier molecular flexibility index (Phi) is 39.5. The molecule has 0 amide bonds. The van der Waals surface area contributed by atoms with E-state index in [1.54, 1.807) is 42.5 Å². The van der Waals surface area contributed by atoms with Crippen LogP contribution in [-0.4, -0.2) is 51.1 Å². The zero-order chi connectivity index (χ0) is 82.5. The Morgan fingerprint density at radius 1 is 0.316 bits per heavy atom. The van der Waals surface area contributed by atoms with Gasteiger partial charge >= 0.3 is 0 Å². The van der Waals surface area contributed by atoms with Crippen molar-refractivity contribution >= 4 is 125 Å². The van der Waals surface area contributed by atoms with Gasteiger partial charge in [0.2, 0.25) is 0 Å². The second-order valence-corrected chi connectivity index (χ2v) is 28.1. The van der Waals surface area contributed by atoms with Gasteiger partial charge < -0.3 is 11.5 Å². The van der Waals surface area contributed by atoms with Crippen molar-refractivity contribution in [1.82, 2.24) is 0 Å². The van der Waals surface area contributed by atoms with Crippen molar-refractivity contribution in [2.45, 2.75) is 106 Å². The van der Waals surface area contributed by atoms with Crippen LogP contribution in [0.25, 0.3) is 67.8 Å². The number of rotatable bonds is 26. The number of nitrogen functional groups attached to an aromatic ring is 2. The van der Waals surface area contributed by atoms with Crippen molar-refractivity contribution in [1.29, 1.82) is 0 Å². The fourth-order valence-electron chi connectivity index (χ4n) is 12.0. The molecule has 11 rings (SSSR count). The number of halogens is 3. The summed E-state index contributed by atoms with van der Waals surface area (Å²) in [4.78, 5) is 95.8. The quantitative estimate of drug-likeness (QED) is 0.0167. The maximum atomic E-state index is 11.1. The van der Waals surface area contributed by atoms with Gasteiger partial charge in [-0.2, -0.15) is 0 Å². The van der Waals surface area contributed by atoms with Crippen LogP contribution in [0.4, 0.5) is 34.1 Å². The second-order valence-electron chi connectivity index (χ2n) is 25.4. The number of benzene rings is 11. The van der Waals surface area contributed by atoms with E-state index in [0.29, 0.717) is 40.4 Å². The van der Waals surface area contributed by atoms with Crippen molar-refractivity contribution in [2.24, 2.45) is 0 Å². The Balaban J connectivity index is 0.000000249. The average molecular weight is 1780 g/mol. The third kappa shape index (κ3) is 27.1. The van der Waals surface area contributed by atoms with Gasteiger partial charge in [0.25, 0.3) is 22.7 Å². The number of allylic oxidation sites excluding steroid dienone is 2. The number of aldehydes is 5. The number of hydrogen-bond acceptors (Lipinski definition) is 15. The zero-order valence-electron chi connectivity index (χ0n) is 63.7. The summed E-state index contributed by atoms with van der Waals surface area (Å²) in [5.74, 6) is 0. The second kappa shape index (κ2) is 48.4.